The van der Waals surface area contributed by atoms with Gasteiger partial charge in [-0.05, 0) is 12.1 Å². The number of fused-ring (bicyclic) bond motifs is 2. The van der Waals surface area contributed by atoms with Crippen molar-refractivity contribution in [3.8, 4) is 22.5 Å². The Bertz CT molecular complexity index is 1680. The van der Waals surface area contributed by atoms with Gasteiger partial charge >= 0.3 is 0 Å². The Morgan fingerprint density at radius 3 is 1.27 bits per heavy atom. The molecule has 0 saturated carbocycles. The molecular formula is C30H34Cl4N8O6. The molecule has 5 aromatic rings. The third kappa shape index (κ3) is 9.07. The van der Waals surface area contributed by atoms with Crippen LogP contribution in [-0.2, 0) is 41.5 Å². The molecule has 18 heteroatoms. The molecule has 0 bridgehead atoms. The van der Waals surface area contributed by atoms with Crippen LogP contribution < -0.4 is 0 Å². The molecule has 0 unspecified atom stereocenters. The molecule has 258 valence electrons. The van der Waals surface area contributed by atoms with Gasteiger partial charge in [0.05, 0.1) is 123 Å². The highest BCUT2D eigenvalue weighted by Gasteiger charge is 2.22. The number of ether oxygens (including phenoxy) is 6. The minimum atomic E-state index is 0.0870. The number of methoxy groups -OCH3 is 2. The summed E-state index contributed by atoms with van der Waals surface area (Å²) in [5.41, 5.74) is 4.01. The van der Waals surface area contributed by atoms with Crippen molar-refractivity contribution in [3.05, 3.63) is 44.6 Å². The van der Waals surface area contributed by atoms with Gasteiger partial charge in [-0.2, -0.15) is 0 Å². The molecule has 48 heavy (non-hydrogen) atoms. The summed E-state index contributed by atoms with van der Waals surface area (Å²) in [6.45, 7) is 5.82. The normalized spacial score (nSPS) is 11.8. The van der Waals surface area contributed by atoms with Crippen LogP contribution in [0.25, 0.3) is 44.6 Å². The average Bonchev–Trinajstić information content (AvgIpc) is 3.78. The summed E-state index contributed by atoms with van der Waals surface area (Å²) < 4.78 is 35.5. The average molecular weight is 744 g/mol. The predicted molar refractivity (Wildman–Crippen MR) is 182 cm³/mol. The summed E-state index contributed by atoms with van der Waals surface area (Å²) >= 11 is 26.0. The Morgan fingerprint density at radius 2 is 0.875 bits per heavy atom. The first-order valence-electron chi connectivity index (χ1n) is 15.0. The van der Waals surface area contributed by atoms with E-state index in [2.05, 4.69) is 20.6 Å². The van der Waals surface area contributed by atoms with Gasteiger partial charge in [-0.25, -0.2) is 19.3 Å². The summed E-state index contributed by atoms with van der Waals surface area (Å²) in [5, 5.41) is 17.8. The molecule has 0 saturated heterocycles. The van der Waals surface area contributed by atoms with Gasteiger partial charge in [0, 0.05) is 25.3 Å². The summed E-state index contributed by atoms with van der Waals surface area (Å²) in [7, 11) is 3.26. The summed E-state index contributed by atoms with van der Waals surface area (Å²) in [6, 6.07) is 3.75. The molecule has 3 heterocycles. The Hall–Kier alpha value is -2.76. The molecule has 0 amide bonds. The van der Waals surface area contributed by atoms with Crippen LogP contribution in [0.15, 0.2) is 24.5 Å². The zero-order valence-corrected chi connectivity index (χ0v) is 29.4. The lowest BCUT2D eigenvalue weighted by Gasteiger charge is -2.12. The van der Waals surface area contributed by atoms with E-state index < -0.39 is 0 Å². The fraction of sp³-hybridized carbons (Fsp3) is 0.467. The lowest BCUT2D eigenvalue weighted by atomic mass is 10.0. The lowest BCUT2D eigenvalue weighted by Crippen LogP contribution is -2.12. The van der Waals surface area contributed by atoms with Crippen LogP contribution in [0.5, 0.6) is 0 Å². The molecule has 0 spiro atoms. The standard InChI is InChI=1S/C30H34Cl4N8O6/c1-43-9-11-47-15-13-45-7-5-41-17-21(37-39-41)19-3-4-20(22-18-42(40-38-22)6-8-46-14-16-48-12-10-44-2)28-27(19)35-29-25(33)23(31)24(32)26(34)30(29)36-28/h3-4,17-18H,5-16H2,1-2H3. The highest BCUT2D eigenvalue weighted by Crippen LogP contribution is 2.43. The number of nitrogens with zero attached hydrogens (tertiary/aromatic N) is 8. The summed E-state index contributed by atoms with van der Waals surface area (Å²) in [6.07, 6.45) is 3.61. The van der Waals surface area contributed by atoms with Gasteiger partial charge in [0.2, 0.25) is 0 Å². The van der Waals surface area contributed by atoms with E-state index in [0.717, 1.165) is 0 Å². The Morgan fingerprint density at radius 1 is 0.500 bits per heavy atom. The number of aromatic nitrogens is 8. The third-order valence-electron chi connectivity index (χ3n) is 6.98. The number of hydrogen-bond acceptors (Lipinski definition) is 12. The van der Waals surface area contributed by atoms with Crippen LogP contribution in [0.4, 0.5) is 0 Å². The lowest BCUT2D eigenvalue weighted by molar-refractivity contribution is 0.0224. The fourth-order valence-electron chi connectivity index (χ4n) is 4.56. The van der Waals surface area contributed by atoms with E-state index in [1.54, 1.807) is 36.0 Å². The number of halogens is 4. The van der Waals surface area contributed by atoms with Crippen LogP contribution >= 0.6 is 46.4 Å². The van der Waals surface area contributed by atoms with Crippen molar-refractivity contribution in [3.63, 3.8) is 0 Å². The Balaban J connectivity index is 1.38. The number of hydrogen-bond donors (Lipinski definition) is 0. The molecule has 0 fully saturated rings. The second kappa shape index (κ2) is 18.3. The van der Waals surface area contributed by atoms with Crippen LogP contribution in [0.2, 0.25) is 20.1 Å². The van der Waals surface area contributed by atoms with Gasteiger partial charge in [-0.3, -0.25) is 0 Å². The number of benzene rings is 2. The quantitative estimate of drug-likeness (QED) is 0.0444. The minimum absolute atomic E-state index is 0.0870. The summed E-state index contributed by atoms with van der Waals surface area (Å²) in [5.74, 6) is 0. The molecule has 0 N–H and O–H groups in total. The fourth-order valence-corrected chi connectivity index (χ4v) is 5.48. The second-order valence-corrected chi connectivity index (χ2v) is 11.7. The number of rotatable bonds is 20. The highest BCUT2D eigenvalue weighted by atomic mass is 35.5. The van der Waals surface area contributed by atoms with Crippen LogP contribution in [0, 0.1) is 0 Å². The second-order valence-electron chi connectivity index (χ2n) is 10.2. The monoisotopic (exact) mass is 742 g/mol. The maximum absolute atomic E-state index is 6.60. The van der Waals surface area contributed by atoms with Crippen molar-refractivity contribution in [2.45, 2.75) is 13.1 Å². The van der Waals surface area contributed by atoms with Gasteiger partial charge in [-0.15, -0.1) is 10.2 Å². The predicted octanol–water partition coefficient (Wildman–Crippen LogP) is 5.27. The first-order valence-corrected chi connectivity index (χ1v) is 16.5. The van der Waals surface area contributed by atoms with E-state index in [-0.39, 0.29) is 20.1 Å². The first-order chi connectivity index (χ1) is 23.4. The van der Waals surface area contributed by atoms with E-state index in [9.17, 15) is 0 Å². The van der Waals surface area contributed by atoms with Gasteiger partial charge in [0.25, 0.3) is 0 Å². The minimum Gasteiger partial charge on any atom is -0.382 e. The summed E-state index contributed by atoms with van der Waals surface area (Å²) in [4.78, 5) is 9.78. The van der Waals surface area contributed by atoms with Crippen LogP contribution in [0.1, 0.15) is 0 Å². The van der Waals surface area contributed by atoms with Crippen molar-refractivity contribution in [2.75, 3.05) is 80.3 Å². The molecule has 0 aliphatic carbocycles. The van der Waals surface area contributed by atoms with E-state index in [1.807, 2.05) is 12.1 Å². The van der Waals surface area contributed by atoms with Crippen molar-refractivity contribution >= 4 is 68.5 Å². The molecule has 14 nitrogen and oxygen atoms in total. The largest absolute Gasteiger partial charge is 0.382 e. The van der Waals surface area contributed by atoms with Crippen molar-refractivity contribution in [1.29, 1.82) is 0 Å². The van der Waals surface area contributed by atoms with Crippen molar-refractivity contribution in [1.82, 2.24) is 40.0 Å². The zero-order chi connectivity index (χ0) is 33.9. The van der Waals surface area contributed by atoms with E-state index >= 15 is 0 Å². The molecule has 5 rings (SSSR count). The molecule has 3 aromatic heterocycles. The van der Waals surface area contributed by atoms with E-state index in [1.165, 1.54) is 0 Å². The van der Waals surface area contributed by atoms with Crippen molar-refractivity contribution < 1.29 is 28.4 Å². The maximum Gasteiger partial charge on any atom is 0.115 e. The van der Waals surface area contributed by atoms with Gasteiger partial charge < -0.3 is 28.4 Å². The Kier molecular flexibility index (Phi) is 13.9. The topological polar surface area (TPSA) is 143 Å². The molecular weight excluding hydrogens is 710 g/mol. The highest BCUT2D eigenvalue weighted by molar-refractivity contribution is 6.55. The molecule has 0 aliphatic heterocycles. The third-order valence-corrected chi connectivity index (χ3v) is 8.77. The molecule has 0 aliphatic rings. The maximum atomic E-state index is 6.60. The Labute approximate surface area is 296 Å². The molecule has 0 radical (unpaired) electrons. The van der Waals surface area contributed by atoms with Crippen molar-refractivity contribution in [2.24, 2.45) is 0 Å². The SMILES string of the molecule is COCCOCCOCCn1cc(-c2ccc(-c3cn(CCOCCOCCOC)nn3)c3nc4c(Cl)c(Cl)c(Cl)c(Cl)c4nc23)nn1. The zero-order valence-electron chi connectivity index (χ0n) is 26.3. The molecule has 0 atom stereocenters. The first kappa shape index (κ1) is 36.5. The van der Waals surface area contributed by atoms with Gasteiger partial charge in [0.15, 0.2) is 0 Å². The van der Waals surface area contributed by atoms with E-state index in [4.69, 9.17) is 84.8 Å². The van der Waals surface area contributed by atoms with Crippen LogP contribution in [-0.4, -0.2) is 120 Å². The smallest absolute Gasteiger partial charge is 0.115 e. The van der Waals surface area contributed by atoms with Gasteiger partial charge in [-0.1, -0.05) is 56.8 Å². The van der Waals surface area contributed by atoms with E-state index in [0.29, 0.717) is 124 Å². The van der Waals surface area contributed by atoms with Gasteiger partial charge in [0.1, 0.15) is 22.4 Å². The molecule has 2 aromatic carbocycles. The van der Waals surface area contributed by atoms with Crippen LogP contribution in [0.3, 0.4) is 0 Å².